The van der Waals surface area contributed by atoms with Gasteiger partial charge in [-0.3, -0.25) is 0 Å². The molecule has 1 aromatic heterocycles. The van der Waals surface area contributed by atoms with Gasteiger partial charge in [-0.05, 0) is 0 Å². The molecule has 0 fully saturated rings. The lowest BCUT2D eigenvalue weighted by molar-refractivity contribution is 0.246. The molecule has 5 heteroatoms. The van der Waals surface area contributed by atoms with Crippen LogP contribution in [0.2, 0.25) is 0 Å². The van der Waals surface area contributed by atoms with Crippen molar-refractivity contribution in [2.24, 2.45) is 5.92 Å². The SMILES string of the molecule is CC(CO)c1cc(C(C)C(C#N)C#N)no1. The van der Waals surface area contributed by atoms with E-state index < -0.39 is 5.92 Å². The Hall–Kier alpha value is -1.85. The first-order chi connectivity index (χ1) is 7.63. The maximum absolute atomic E-state index is 8.95. The highest BCUT2D eigenvalue weighted by molar-refractivity contribution is 5.19. The Morgan fingerprint density at radius 2 is 2.06 bits per heavy atom. The van der Waals surface area contributed by atoms with Gasteiger partial charge >= 0.3 is 0 Å². The minimum absolute atomic E-state index is 0.0249. The molecule has 1 heterocycles. The summed E-state index contributed by atoms with van der Waals surface area (Å²) in [5, 5.41) is 30.3. The van der Waals surface area contributed by atoms with Crippen LogP contribution in [-0.2, 0) is 0 Å². The van der Waals surface area contributed by atoms with Crippen LogP contribution in [0.4, 0.5) is 0 Å². The summed E-state index contributed by atoms with van der Waals surface area (Å²) in [5.41, 5.74) is 0.573. The molecule has 0 radical (unpaired) electrons. The summed E-state index contributed by atoms with van der Waals surface area (Å²) in [6.45, 7) is 3.53. The van der Waals surface area contributed by atoms with E-state index in [0.29, 0.717) is 11.5 Å². The van der Waals surface area contributed by atoms with Crippen LogP contribution in [0.25, 0.3) is 0 Å². The zero-order chi connectivity index (χ0) is 12.1. The quantitative estimate of drug-likeness (QED) is 0.828. The summed E-state index contributed by atoms with van der Waals surface area (Å²) in [4.78, 5) is 0. The summed E-state index contributed by atoms with van der Waals surface area (Å²) in [5.74, 6) is -0.587. The third kappa shape index (κ3) is 2.39. The number of nitrogens with zero attached hydrogens (tertiary/aromatic N) is 3. The molecule has 2 atom stereocenters. The van der Waals surface area contributed by atoms with E-state index in [1.165, 1.54) is 0 Å². The number of aromatic nitrogens is 1. The van der Waals surface area contributed by atoms with Gasteiger partial charge in [0.05, 0.1) is 24.4 Å². The second kappa shape index (κ2) is 5.29. The summed E-state index contributed by atoms with van der Waals surface area (Å²) < 4.78 is 5.05. The molecule has 0 aliphatic carbocycles. The average Bonchev–Trinajstić information content (AvgIpc) is 2.78. The molecule has 0 saturated heterocycles. The Kier molecular flexibility index (Phi) is 4.04. The number of aliphatic hydroxyl groups excluding tert-OH is 1. The number of aliphatic hydroxyl groups is 1. The molecule has 0 aromatic carbocycles. The van der Waals surface area contributed by atoms with E-state index in [4.69, 9.17) is 20.2 Å². The lowest BCUT2D eigenvalue weighted by atomic mass is 9.93. The summed E-state index contributed by atoms with van der Waals surface area (Å²) in [6, 6.07) is 5.51. The molecule has 84 valence electrons. The molecule has 0 aliphatic rings. The molecule has 0 spiro atoms. The third-order valence-corrected chi connectivity index (χ3v) is 2.55. The van der Waals surface area contributed by atoms with Gasteiger partial charge in [-0.15, -0.1) is 0 Å². The van der Waals surface area contributed by atoms with E-state index >= 15 is 0 Å². The normalized spacial score (nSPS) is 14.1. The Labute approximate surface area is 93.9 Å². The predicted octanol–water partition coefficient (Wildman–Crippen LogP) is 1.54. The number of hydrogen-bond donors (Lipinski definition) is 1. The van der Waals surface area contributed by atoms with Crippen molar-refractivity contribution in [3.63, 3.8) is 0 Å². The molecular formula is C11H13N3O2. The van der Waals surface area contributed by atoms with Gasteiger partial charge in [0.25, 0.3) is 0 Å². The van der Waals surface area contributed by atoms with Crippen molar-refractivity contribution in [3.8, 4) is 12.1 Å². The standard InChI is InChI=1S/C11H13N3O2/c1-7(6-15)11-3-10(14-16-11)8(2)9(4-12)5-13/h3,7-9,15H,6H2,1-2H3. The minimum Gasteiger partial charge on any atom is -0.396 e. The Morgan fingerprint density at radius 3 is 2.56 bits per heavy atom. The van der Waals surface area contributed by atoms with Crippen LogP contribution in [0.15, 0.2) is 10.6 Å². The number of rotatable bonds is 4. The Bertz CT molecular complexity index is 413. The lowest BCUT2D eigenvalue weighted by Crippen LogP contribution is -2.05. The third-order valence-electron chi connectivity index (χ3n) is 2.55. The molecule has 1 aromatic rings. The lowest BCUT2D eigenvalue weighted by Gasteiger charge is -2.06. The fraction of sp³-hybridized carbons (Fsp3) is 0.545. The molecule has 0 aliphatic heterocycles. The fourth-order valence-electron chi connectivity index (χ4n) is 1.26. The van der Waals surface area contributed by atoms with Crippen molar-refractivity contribution < 1.29 is 9.63 Å². The molecule has 0 saturated carbocycles. The first-order valence-electron chi connectivity index (χ1n) is 5.00. The molecule has 1 rings (SSSR count). The monoisotopic (exact) mass is 219 g/mol. The molecule has 0 amide bonds. The van der Waals surface area contributed by atoms with Crippen molar-refractivity contribution in [3.05, 3.63) is 17.5 Å². The van der Waals surface area contributed by atoms with E-state index in [-0.39, 0.29) is 18.4 Å². The maximum Gasteiger partial charge on any atom is 0.142 e. The topological polar surface area (TPSA) is 93.8 Å². The van der Waals surface area contributed by atoms with Crippen molar-refractivity contribution >= 4 is 0 Å². The van der Waals surface area contributed by atoms with Crippen LogP contribution in [0.3, 0.4) is 0 Å². The summed E-state index contributed by atoms with van der Waals surface area (Å²) in [6.07, 6.45) is 0. The van der Waals surface area contributed by atoms with Gasteiger partial charge in [0.2, 0.25) is 0 Å². The molecule has 2 unspecified atom stereocenters. The van der Waals surface area contributed by atoms with Crippen LogP contribution in [0, 0.1) is 28.6 Å². The van der Waals surface area contributed by atoms with Crippen molar-refractivity contribution in [1.29, 1.82) is 10.5 Å². The molecule has 16 heavy (non-hydrogen) atoms. The minimum atomic E-state index is -0.734. The van der Waals surface area contributed by atoms with Crippen LogP contribution in [0.5, 0.6) is 0 Å². The van der Waals surface area contributed by atoms with Crippen molar-refractivity contribution in [2.75, 3.05) is 6.61 Å². The van der Waals surface area contributed by atoms with E-state index in [2.05, 4.69) is 5.16 Å². The van der Waals surface area contributed by atoms with Gasteiger partial charge < -0.3 is 9.63 Å². The summed E-state index contributed by atoms with van der Waals surface area (Å²) in [7, 11) is 0. The van der Waals surface area contributed by atoms with Crippen molar-refractivity contribution in [2.45, 2.75) is 25.7 Å². The van der Waals surface area contributed by atoms with Crippen LogP contribution >= 0.6 is 0 Å². The highest BCUT2D eigenvalue weighted by Crippen LogP contribution is 2.25. The zero-order valence-corrected chi connectivity index (χ0v) is 9.21. The van der Waals surface area contributed by atoms with E-state index in [9.17, 15) is 0 Å². The van der Waals surface area contributed by atoms with Crippen LogP contribution in [-0.4, -0.2) is 16.9 Å². The van der Waals surface area contributed by atoms with Crippen LogP contribution < -0.4 is 0 Å². The first-order valence-corrected chi connectivity index (χ1v) is 5.00. The molecule has 5 nitrogen and oxygen atoms in total. The molecule has 1 N–H and O–H groups in total. The highest BCUT2D eigenvalue weighted by Gasteiger charge is 2.22. The van der Waals surface area contributed by atoms with E-state index in [1.54, 1.807) is 19.9 Å². The predicted molar refractivity (Wildman–Crippen MR) is 55.1 cm³/mol. The molecule has 0 bridgehead atoms. The summed E-state index contributed by atoms with van der Waals surface area (Å²) >= 11 is 0. The smallest absolute Gasteiger partial charge is 0.142 e. The van der Waals surface area contributed by atoms with Gasteiger partial charge in [-0.25, -0.2) is 0 Å². The average molecular weight is 219 g/mol. The number of nitriles is 2. The maximum atomic E-state index is 8.95. The first kappa shape index (κ1) is 12.2. The zero-order valence-electron chi connectivity index (χ0n) is 9.21. The molecular weight excluding hydrogens is 206 g/mol. The van der Waals surface area contributed by atoms with Crippen LogP contribution in [0.1, 0.15) is 37.1 Å². The fourth-order valence-corrected chi connectivity index (χ4v) is 1.26. The Morgan fingerprint density at radius 1 is 1.44 bits per heavy atom. The van der Waals surface area contributed by atoms with Crippen molar-refractivity contribution in [1.82, 2.24) is 5.16 Å². The van der Waals surface area contributed by atoms with Gasteiger partial charge in [-0.2, -0.15) is 10.5 Å². The highest BCUT2D eigenvalue weighted by atomic mass is 16.5. The Balaban J connectivity index is 2.87. The van der Waals surface area contributed by atoms with E-state index in [1.807, 2.05) is 12.1 Å². The largest absolute Gasteiger partial charge is 0.396 e. The second-order valence-electron chi connectivity index (χ2n) is 3.76. The van der Waals surface area contributed by atoms with Gasteiger partial charge in [0.1, 0.15) is 11.7 Å². The number of hydrogen-bond acceptors (Lipinski definition) is 5. The second-order valence-corrected chi connectivity index (χ2v) is 3.76. The van der Waals surface area contributed by atoms with Gasteiger partial charge in [0, 0.05) is 17.9 Å². The van der Waals surface area contributed by atoms with Gasteiger partial charge in [0.15, 0.2) is 0 Å². The van der Waals surface area contributed by atoms with Gasteiger partial charge in [-0.1, -0.05) is 19.0 Å². The van der Waals surface area contributed by atoms with E-state index in [0.717, 1.165) is 0 Å².